The average molecular weight is 407 g/mol. The highest BCUT2D eigenvalue weighted by Gasteiger charge is 2.12. The first-order chi connectivity index (χ1) is 13.0. The molecule has 1 aromatic carbocycles. The van der Waals surface area contributed by atoms with E-state index in [0.29, 0.717) is 29.3 Å². The van der Waals surface area contributed by atoms with Crippen molar-refractivity contribution < 1.29 is 13.2 Å². The minimum atomic E-state index is -3.23. The van der Waals surface area contributed by atoms with Crippen molar-refractivity contribution in [1.29, 1.82) is 0 Å². The van der Waals surface area contributed by atoms with Crippen molar-refractivity contribution in [2.24, 2.45) is 0 Å². The zero-order chi connectivity index (χ0) is 20.9. The first kappa shape index (κ1) is 21.6. The summed E-state index contributed by atoms with van der Waals surface area (Å²) in [6.45, 7) is 1.38. The molecular weight excluding hydrogens is 380 g/mol. The predicted molar refractivity (Wildman–Crippen MR) is 111 cm³/mol. The second-order valence-electron chi connectivity index (χ2n) is 6.91. The summed E-state index contributed by atoms with van der Waals surface area (Å²) in [5, 5.41) is 2.82. The molecular formula is C18H26N6O3S. The molecule has 2 rings (SSSR count). The lowest BCUT2D eigenvalue weighted by Crippen LogP contribution is -2.36. The number of anilines is 2. The van der Waals surface area contributed by atoms with E-state index in [1.807, 2.05) is 19.0 Å². The highest BCUT2D eigenvalue weighted by atomic mass is 32.2. The number of aromatic nitrogens is 2. The fourth-order valence-electron chi connectivity index (χ4n) is 2.36. The minimum Gasteiger partial charge on any atom is -0.384 e. The van der Waals surface area contributed by atoms with Gasteiger partial charge < -0.3 is 20.9 Å². The quantitative estimate of drug-likeness (QED) is 0.710. The van der Waals surface area contributed by atoms with Crippen molar-refractivity contribution in [3.8, 4) is 11.4 Å². The second kappa shape index (κ2) is 8.98. The topological polar surface area (TPSA) is 122 Å². The van der Waals surface area contributed by atoms with Crippen LogP contribution >= 0.6 is 0 Å². The van der Waals surface area contributed by atoms with Crippen molar-refractivity contribution >= 4 is 27.4 Å². The molecule has 28 heavy (non-hydrogen) atoms. The van der Waals surface area contributed by atoms with Gasteiger partial charge in [0, 0.05) is 43.7 Å². The smallest absolute Gasteiger partial charge is 0.321 e. The molecule has 0 aliphatic carbocycles. The summed E-state index contributed by atoms with van der Waals surface area (Å²) in [7, 11) is 2.40. The normalized spacial score (nSPS) is 11.5. The van der Waals surface area contributed by atoms with E-state index in [9.17, 15) is 13.2 Å². The number of nitrogens with zero attached hydrogens (tertiary/aromatic N) is 4. The number of carbonyl (C=O) groups excluding carboxylic acids is 1. The fraction of sp³-hybridized carbons (Fsp3) is 0.389. The molecule has 0 radical (unpaired) electrons. The standard InChI is InChI=1S/C18H26N6O3S/c1-23(2)9-10-24(3)18(25)21-14-7-5-13(6-8-14)17-20-15(11-16(19)22-17)12-28(4,26)27/h5-8,11H,9-10,12H2,1-4H3,(H,21,25)(H2,19,20,22). The van der Waals surface area contributed by atoms with Crippen LogP contribution in [0.15, 0.2) is 30.3 Å². The zero-order valence-electron chi connectivity index (χ0n) is 16.5. The Labute approximate surface area is 165 Å². The van der Waals surface area contributed by atoms with Gasteiger partial charge in [0.1, 0.15) is 5.82 Å². The first-order valence-electron chi connectivity index (χ1n) is 8.62. The number of nitrogens with one attached hydrogen (secondary N) is 1. The van der Waals surface area contributed by atoms with Gasteiger partial charge in [0.05, 0.1) is 11.4 Å². The molecule has 0 aliphatic rings. The third kappa shape index (κ3) is 6.78. The summed E-state index contributed by atoms with van der Waals surface area (Å²) in [5.74, 6) is 0.323. The van der Waals surface area contributed by atoms with E-state index in [0.717, 1.165) is 12.8 Å². The van der Waals surface area contributed by atoms with Gasteiger partial charge in [-0.25, -0.2) is 23.2 Å². The number of nitrogen functional groups attached to an aromatic ring is 1. The Bertz CT molecular complexity index is 929. The molecule has 0 saturated carbocycles. The molecule has 2 amide bonds. The van der Waals surface area contributed by atoms with Crippen LogP contribution in [0.2, 0.25) is 0 Å². The molecule has 0 aliphatic heterocycles. The van der Waals surface area contributed by atoms with Gasteiger partial charge in [-0.1, -0.05) is 0 Å². The van der Waals surface area contributed by atoms with E-state index in [2.05, 4.69) is 15.3 Å². The average Bonchev–Trinajstić information content (AvgIpc) is 2.58. The maximum Gasteiger partial charge on any atom is 0.321 e. The minimum absolute atomic E-state index is 0.198. The summed E-state index contributed by atoms with van der Waals surface area (Å²) in [6.07, 6.45) is 1.14. The maximum atomic E-state index is 12.2. The van der Waals surface area contributed by atoms with Crippen LogP contribution < -0.4 is 11.1 Å². The molecule has 1 aromatic heterocycles. The van der Waals surface area contributed by atoms with Crippen molar-refractivity contribution in [1.82, 2.24) is 19.8 Å². The van der Waals surface area contributed by atoms with E-state index in [1.54, 1.807) is 36.2 Å². The van der Waals surface area contributed by atoms with Crippen LogP contribution in [0, 0.1) is 0 Å². The Morgan fingerprint density at radius 1 is 1.11 bits per heavy atom. The van der Waals surface area contributed by atoms with Crippen LogP contribution in [-0.2, 0) is 15.6 Å². The first-order valence-corrected chi connectivity index (χ1v) is 10.7. The molecule has 152 valence electrons. The lowest BCUT2D eigenvalue weighted by molar-refractivity contribution is 0.217. The number of amides is 2. The number of carbonyl (C=O) groups is 1. The number of hydrogen-bond donors (Lipinski definition) is 2. The number of rotatable bonds is 7. The van der Waals surface area contributed by atoms with Crippen molar-refractivity contribution in [3.63, 3.8) is 0 Å². The second-order valence-corrected chi connectivity index (χ2v) is 9.05. The van der Waals surface area contributed by atoms with Gasteiger partial charge in [0.2, 0.25) is 0 Å². The fourth-order valence-corrected chi connectivity index (χ4v) is 3.05. The van der Waals surface area contributed by atoms with E-state index in [-0.39, 0.29) is 17.6 Å². The highest BCUT2D eigenvalue weighted by molar-refractivity contribution is 7.89. The lowest BCUT2D eigenvalue weighted by atomic mass is 10.2. The number of hydrogen-bond acceptors (Lipinski definition) is 7. The van der Waals surface area contributed by atoms with Crippen molar-refractivity contribution in [2.45, 2.75) is 5.75 Å². The molecule has 0 atom stereocenters. The molecule has 1 heterocycles. The third-order valence-electron chi connectivity index (χ3n) is 3.83. The lowest BCUT2D eigenvalue weighted by Gasteiger charge is -2.20. The monoisotopic (exact) mass is 406 g/mol. The van der Waals surface area contributed by atoms with Crippen LogP contribution in [0.4, 0.5) is 16.3 Å². The maximum absolute atomic E-state index is 12.2. The zero-order valence-corrected chi connectivity index (χ0v) is 17.3. The largest absolute Gasteiger partial charge is 0.384 e. The molecule has 0 spiro atoms. The van der Waals surface area contributed by atoms with Gasteiger partial charge in [-0.2, -0.15) is 0 Å². The molecule has 2 aromatic rings. The van der Waals surface area contributed by atoms with E-state index < -0.39 is 9.84 Å². The predicted octanol–water partition coefficient (Wildman–Crippen LogP) is 1.30. The summed E-state index contributed by atoms with van der Waals surface area (Å²) in [4.78, 5) is 24.2. The van der Waals surface area contributed by atoms with E-state index >= 15 is 0 Å². The Morgan fingerprint density at radius 3 is 2.32 bits per heavy atom. The van der Waals surface area contributed by atoms with Gasteiger partial charge in [-0.3, -0.25) is 0 Å². The molecule has 10 heteroatoms. The molecule has 0 saturated heterocycles. The molecule has 0 fully saturated rings. The number of urea groups is 1. The van der Waals surface area contributed by atoms with Gasteiger partial charge >= 0.3 is 6.03 Å². The number of benzene rings is 1. The summed E-state index contributed by atoms with van der Waals surface area (Å²) in [6, 6.07) is 8.20. The van der Waals surface area contributed by atoms with Crippen LogP contribution in [-0.4, -0.2) is 74.7 Å². The van der Waals surface area contributed by atoms with E-state index in [4.69, 9.17) is 5.73 Å². The number of nitrogens with two attached hydrogens (primary N) is 1. The Balaban J connectivity index is 2.11. The van der Waals surface area contributed by atoms with Crippen LogP contribution in [0.3, 0.4) is 0 Å². The van der Waals surface area contributed by atoms with Gasteiger partial charge in [0.25, 0.3) is 0 Å². The Kier molecular flexibility index (Phi) is 6.92. The highest BCUT2D eigenvalue weighted by Crippen LogP contribution is 2.20. The van der Waals surface area contributed by atoms with Gasteiger partial charge in [0.15, 0.2) is 15.7 Å². The molecule has 0 unspecified atom stereocenters. The number of sulfone groups is 1. The van der Waals surface area contributed by atoms with Crippen molar-refractivity contribution in [3.05, 3.63) is 36.0 Å². The molecule has 3 N–H and O–H groups in total. The number of likely N-dealkylation sites (N-methyl/N-ethyl adjacent to an activating group) is 2. The SMILES string of the molecule is CN(C)CCN(C)C(=O)Nc1ccc(-c2nc(N)cc(CS(C)(=O)=O)n2)cc1. The van der Waals surface area contributed by atoms with Crippen LogP contribution in [0.1, 0.15) is 5.69 Å². The Hall–Kier alpha value is -2.72. The van der Waals surface area contributed by atoms with E-state index in [1.165, 1.54) is 6.07 Å². The summed E-state index contributed by atoms with van der Waals surface area (Å²) < 4.78 is 23.0. The Morgan fingerprint density at radius 2 is 1.75 bits per heavy atom. The van der Waals surface area contributed by atoms with Crippen molar-refractivity contribution in [2.75, 3.05) is 51.5 Å². The van der Waals surface area contributed by atoms with Gasteiger partial charge in [-0.05, 0) is 38.4 Å². The van der Waals surface area contributed by atoms with Crippen LogP contribution in [0.25, 0.3) is 11.4 Å². The summed E-state index contributed by atoms with van der Waals surface area (Å²) >= 11 is 0. The third-order valence-corrected chi connectivity index (χ3v) is 4.65. The summed E-state index contributed by atoms with van der Waals surface area (Å²) in [5.41, 5.74) is 7.42. The van der Waals surface area contributed by atoms with Gasteiger partial charge in [-0.15, -0.1) is 0 Å². The van der Waals surface area contributed by atoms with Crippen LogP contribution in [0.5, 0.6) is 0 Å². The molecule has 9 nitrogen and oxygen atoms in total. The molecule has 0 bridgehead atoms.